The molecule has 0 aromatic heterocycles. The van der Waals surface area contributed by atoms with Crippen LogP contribution in [0.3, 0.4) is 0 Å². The van der Waals surface area contributed by atoms with Gasteiger partial charge in [0.15, 0.2) is 0 Å². The summed E-state index contributed by atoms with van der Waals surface area (Å²) in [5, 5.41) is 0. The SMILES string of the molecule is O=[SH](=O)F.[K][c]1ccccc1. The van der Waals surface area contributed by atoms with E-state index in [1.165, 1.54) is -0.342 Å². The van der Waals surface area contributed by atoms with E-state index in [1.807, 2.05) is 0 Å². The molecule has 56 valence electrons. The molecule has 5 heteroatoms. The maximum absolute atomic E-state index is 9.95. The third kappa shape index (κ3) is 10.7. The molecule has 0 saturated carbocycles. The number of thiol groups is 1. The van der Waals surface area contributed by atoms with Gasteiger partial charge in [-0.25, -0.2) is 0 Å². The van der Waals surface area contributed by atoms with Gasteiger partial charge in [0.05, 0.1) is 0 Å². The van der Waals surface area contributed by atoms with Crippen LogP contribution in [0.15, 0.2) is 30.3 Å². The van der Waals surface area contributed by atoms with E-state index in [9.17, 15) is 3.89 Å². The average Bonchev–Trinajstić information content (AvgIpc) is 1.87. The number of hydrogen-bond acceptors (Lipinski definition) is 2. The first-order valence-electron chi connectivity index (χ1n) is 2.94. The fraction of sp³-hybridized carbons (Fsp3) is 0. The number of hydrogen-bond donors (Lipinski definition) is 1. The molecule has 0 radical (unpaired) electrons. The van der Waals surface area contributed by atoms with Gasteiger partial charge < -0.3 is 0 Å². The normalized spacial score (nSPS) is 8.73. The molecule has 2 nitrogen and oxygen atoms in total. The van der Waals surface area contributed by atoms with Crippen LogP contribution in [0, 0.1) is 0 Å². The molecule has 0 bridgehead atoms. The van der Waals surface area contributed by atoms with Gasteiger partial charge in [0.1, 0.15) is 0 Å². The van der Waals surface area contributed by atoms with Crippen molar-refractivity contribution in [1.29, 1.82) is 0 Å². The van der Waals surface area contributed by atoms with Crippen LogP contribution in [-0.4, -0.2) is 57.4 Å². The second-order valence-corrected chi connectivity index (χ2v) is 4.10. The minimum atomic E-state index is -3.62. The zero-order chi connectivity index (χ0) is 8.69. The van der Waals surface area contributed by atoms with Gasteiger partial charge in [-0.2, -0.15) is 8.42 Å². The summed E-state index contributed by atoms with van der Waals surface area (Å²) in [5.74, 6) is 0. The summed E-state index contributed by atoms with van der Waals surface area (Å²) < 4.78 is 28.2. The molecule has 0 spiro atoms. The van der Waals surface area contributed by atoms with Gasteiger partial charge >= 0.3 is 78.9 Å². The van der Waals surface area contributed by atoms with E-state index in [0.29, 0.717) is 0 Å². The summed E-state index contributed by atoms with van der Waals surface area (Å²) in [6.45, 7) is 0. The second kappa shape index (κ2) is 7.39. The molecule has 1 aromatic rings. The Morgan fingerprint density at radius 3 is 1.73 bits per heavy atom. The third-order valence-corrected chi connectivity index (χ3v) is 1.98. The Labute approximate surface area is 101 Å². The number of rotatable bonds is 0. The monoisotopic (exact) mass is 200 g/mol. The molecule has 0 amide bonds. The summed E-state index contributed by atoms with van der Waals surface area (Å²) in [5.41, 5.74) is 0. The Balaban J connectivity index is 0.000000218. The van der Waals surface area contributed by atoms with Crippen LogP contribution in [0.4, 0.5) is 3.89 Å². The quantitative estimate of drug-likeness (QED) is 0.362. The average molecular weight is 200 g/mol. The molecule has 0 fully saturated rings. The van der Waals surface area contributed by atoms with Crippen molar-refractivity contribution < 1.29 is 12.3 Å². The zero-order valence-corrected chi connectivity index (χ0v) is 10.0. The van der Waals surface area contributed by atoms with Crippen molar-refractivity contribution in [3.63, 3.8) is 0 Å². The van der Waals surface area contributed by atoms with E-state index in [4.69, 9.17) is 8.42 Å². The molecule has 0 saturated heterocycles. The van der Waals surface area contributed by atoms with E-state index in [0.717, 1.165) is 49.0 Å². The van der Waals surface area contributed by atoms with E-state index >= 15 is 0 Å². The zero-order valence-electron chi connectivity index (χ0n) is 6.03. The topological polar surface area (TPSA) is 34.1 Å². The molecule has 0 aliphatic rings. The first kappa shape index (κ1) is 11.7. The Morgan fingerprint density at radius 1 is 1.18 bits per heavy atom. The van der Waals surface area contributed by atoms with Crippen molar-refractivity contribution in [2.24, 2.45) is 0 Å². The molecule has 0 unspecified atom stereocenters. The fourth-order valence-electron chi connectivity index (χ4n) is 0.534. The van der Waals surface area contributed by atoms with Crippen LogP contribution in [0.5, 0.6) is 0 Å². The minimum absolute atomic E-state index is 0.855. The molecule has 11 heavy (non-hydrogen) atoms. The molecule has 0 heterocycles. The third-order valence-electron chi connectivity index (χ3n) is 0.940. The van der Waals surface area contributed by atoms with Crippen LogP contribution < -0.4 is -0.342 Å². The van der Waals surface area contributed by atoms with Crippen LogP contribution in [-0.2, 0) is 11.1 Å². The molecule has 1 aromatic carbocycles. The molecule has 0 atom stereocenters. The van der Waals surface area contributed by atoms with Gasteiger partial charge in [0, 0.05) is 0 Å². The standard InChI is InChI=1S/C6H5.FHO2S.K/c1-2-4-6-5-3-1;1-4(2)3;/h1-5H;4H;. The Morgan fingerprint density at radius 2 is 1.55 bits per heavy atom. The molecule has 0 N–H and O–H groups in total. The van der Waals surface area contributed by atoms with E-state index in [1.54, 1.807) is 0 Å². The predicted molar refractivity (Wildman–Crippen MR) is 43.3 cm³/mol. The summed E-state index contributed by atoms with van der Waals surface area (Å²) >= 11 is -2.76. The van der Waals surface area contributed by atoms with Crippen molar-refractivity contribution >= 4 is 59.7 Å². The van der Waals surface area contributed by atoms with Crippen molar-refractivity contribution in [2.45, 2.75) is 0 Å². The summed E-state index contributed by atoms with van der Waals surface area (Å²) in [6.07, 6.45) is 0. The van der Waals surface area contributed by atoms with E-state index < -0.39 is 11.1 Å². The van der Waals surface area contributed by atoms with E-state index in [-0.39, 0.29) is 0 Å². The van der Waals surface area contributed by atoms with Gasteiger partial charge in [0.2, 0.25) is 0 Å². The van der Waals surface area contributed by atoms with Gasteiger partial charge in [-0.05, 0) is 0 Å². The number of benzene rings is 1. The second-order valence-electron chi connectivity index (χ2n) is 1.87. The van der Waals surface area contributed by atoms with Crippen molar-refractivity contribution in [2.75, 3.05) is 0 Å². The summed E-state index contributed by atoms with van der Waals surface area (Å²) in [7, 11) is 0. The van der Waals surface area contributed by atoms with Gasteiger partial charge in [-0.3, -0.25) is 0 Å². The Kier molecular flexibility index (Phi) is 7.88. The van der Waals surface area contributed by atoms with Crippen molar-refractivity contribution in [3.05, 3.63) is 30.3 Å². The summed E-state index contributed by atoms with van der Waals surface area (Å²) in [4.78, 5) is 0. The van der Waals surface area contributed by atoms with Crippen molar-refractivity contribution in [3.8, 4) is 0 Å². The van der Waals surface area contributed by atoms with Crippen molar-refractivity contribution in [1.82, 2.24) is 0 Å². The maximum atomic E-state index is 9.95. The van der Waals surface area contributed by atoms with E-state index in [2.05, 4.69) is 30.3 Å². The van der Waals surface area contributed by atoms with Gasteiger partial charge in [0.25, 0.3) is 11.1 Å². The molecular formula is C6H6FKO2S. The van der Waals surface area contributed by atoms with Crippen LogP contribution in [0.2, 0.25) is 0 Å². The molecule has 1 rings (SSSR count). The molecule has 0 aliphatic heterocycles. The Hall–Kier alpha value is 0.736. The molecule has 0 aliphatic carbocycles. The predicted octanol–water partition coefficient (Wildman–Crippen LogP) is -0.0373. The first-order chi connectivity index (χ1) is 5.13. The fourth-order valence-corrected chi connectivity index (χ4v) is 1.14. The van der Waals surface area contributed by atoms with Gasteiger partial charge in [-0.15, -0.1) is 3.89 Å². The molecular weight excluding hydrogens is 194 g/mol. The number of halogens is 1. The summed E-state index contributed by atoms with van der Waals surface area (Å²) in [6, 6.07) is 10.6. The van der Waals surface area contributed by atoms with Crippen LogP contribution >= 0.6 is 0 Å². The van der Waals surface area contributed by atoms with Crippen LogP contribution in [0.1, 0.15) is 0 Å². The Bertz CT molecular complexity index is 253. The van der Waals surface area contributed by atoms with Gasteiger partial charge in [-0.1, -0.05) is 0 Å². The van der Waals surface area contributed by atoms with Crippen LogP contribution in [0.25, 0.3) is 0 Å². The first-order valence-corrected chi connectivity index (χ1v) is 5.57.